The maximum absolute atomic E-state index is 2.51. The molecule has 0 spiro atoms. The molecule has 0 fully saturated rings. The molecule has 3 rings (SSSR count). The molecule has 1 aliphatic carbocycles. The third kappa shape index (κ3) is 1.89. The average molecular weight is 254 g/mol. The lowest BCUT2D eigenvalue weighted by atomic mass is 10.2. The number of fused-ring (bicyclic) bond motifs is 1. The first-order valence-corrected chi connectivity index (χ1v) is 8.23. The highest BCUT2D eigenvalue weighted by Crippen LogP contribution is 2.60. The highest BCUT2D eigenvalue weighted by atomic mass is 31.1. The second-order valence-corrected chi connectivity index (χ2v) is 7.31. The number of rotatable bonds is 3. The molecule has 2 unspecified atom stereocenters. The molecule has 1 heterocycles. The third-order valence-electron chi connectivity index (χ3n) is 3.78. The van der Waals surface area contributed by atoms with Crippen LogP contribution in [0.4, 0.5) is 0 Å². The Kier molecular flexibility index (Phi) is 3.22. The summed E-state index contributed by atoms with van der Waals surface area (Å²) in [6, 6.07) is 11.1. The van der Waals surface area contributed by atoms with Crippen LogP contribution >= 0.6 is 7.92 Å². The van der Waals surface area contributed by atoms with E-state index >= 15 is 0 Å². The SMILES string of the molecule is CCC1=CC2=CC(CC)P(c3ccccc3)C2=C1. The minimum absolute atomic E-state index is 0.160. The standard InChI is InChI=1S/C17H19P/c1-3-13-10-14-12-15(4-2)18(17(14)11-13)16-8-6-5-7-9-16/h5-12,15H,3-4H2,1-2H3. The van der Waals surface area contributed by atoms with Gasteiger partial charge < -0.3 is 0 Å². The van der Waals surface area contributed by atoms with Crippen molar-refractivity contribution in [2.24, 2.45) is 0 Å². The van der Waals surface area contributed by atoms with Crippen LogP contribution in [0.15, 0.2) is 65.0 Å². The van der Waals surface area contributed by atoms with Crippen molar-refractivity contribution < 1.29 is 0 Å². The summed E-state index contributed by atoms with van der Waals surface area (Å²) in [5.41, 5.74) is 3.74. The molecule has 0 amide bonds. The van der Waals surface area contributed by atoms with E-state index in [2.05, 4.69) is 62.4 Å². The molecule has 0 bridgehead atoms. The van der Waals surface area contributed by atoms with Gasteiger partial charge in [0.2, 0.25) is 0 Å². The van der Waals surface area contributed by atoms with E-state index < -0.39 is 0 Å². The normalized spacial score (nSPS) is 25.6. The van der Waals surface area contributed by atoms with Crippen molar-refractivity contribution in [3.05, 3.63) is 65.0 Å². The molecule has 1 aromatic carbocycles. The molecule has 0 saturated heterocycles. The summed E-state index contributed by atoms with van der Waals surface area (Å²) in [5.74, 6) is 0. The van der Waals surface area contributed by atoms with E-state index in [-0.39, 0.29) is 7.92 Å². The molecule has 0 aromatic heterocycles. The molecule has 0 N–H and O–H groups in total. The lowest BCUT2D eigenvalue weighted by molar-refractivity contribution is 0.974. The first-order valence-electron chi connectivity index (χ1n) is 6.82. The topological polar surface area (TPSA) is 0 Å². The van der Waals surface area contributed by atoms with Gasteiger partial charge in [-0.3, -0.25) is 0 Å². The molecule has 2 atom stereocenters. The predicted octanol–water partition coefficient (Wildman–Crippen LogP) is 4.75. The molecule has 18 heavy (non-hydrogen) atoms. The Morgan fingerprint density at radius 2 is 1.83 bits per heavy atom. The van der Waals surface area contributed by atoms with E-state index in [1.54, 1.807) is 5.31 Å². The Morgan fingerprint density at radius 1 is 1.06 bits per heavy atom. The summed E-state index contributed by atoms with van der Waals surface area (Å²) in [7, 11) is -0.160. The number of allylic oxidation sites excluding steroid dienone is 6. The molecule has 0 radical (unpaired) electrons. The van der Waals surface area contributed by atoms with Crippen molar-refractivity contribution in [2.75, 3.05) is 0 Å². The Bertz CT molecular complexity index is 534. The van der Waals surface area contributed by atoms with E-state index in [9.17, 15) is 0 Å². The molecule has 0 nitrogen and oxygen atoms in total. The molecule has 1 heteroatoms. The van der Waals surface area contributed by atoms with E-state index in [0.29, 0.717) is 0 Å². The van der Waals surface area contributed by atoms with Crippen molar-refractivity contribution in [1.29, 1.82) is 0 Å². The zero-order chi connectivity index (χ0) is 12.5. The molecule has 2 aliphatic rings. The Morgan fingerprint density at radius 3 is 2.50 bits per heavy atom. The fraction of sp³-hybridized carbons (Fsp3) is 0.294. The van der Waals surface area contributed by atoms with Crippen LogP contribution in [0.1, 0.15) is 26.7 Å². The van der Waals surface area contributed by atoms with E-state index in [4.69, 9.17) is 0 Å². The predicted molar refractivity (Wildman–Crippen MR) is 81.6 cm³/mol. The zero-order valence-corrected chi connectivity index (χ0v) is 12.0. The van der Waals surface area contributed by atoms with E-state index in [0.717, 1.165) is 12.1 Å². The summed E-state index contributed by atoms with van der Waals surface area (Å²) in [6.07, 6.45) is 9.74. The van der Waals surface area contributed by atoms with Gasteiger partial charge in [-0.15, -0.1) is 0 Å². The fourth-order valence-electron chi connectivity index (χ4n) is 2.80. The smallest absolute Gasteiger partial charge is 0.00574 e. The van der Waals surface area contributed by atoms with Crippen LogP contribution in [0.2, 0.25) is 0 Å². The van der Waals surface area contributed by atoms with E-state index in [1.165, 1.54) is 22.9 Å². The number of hydrogen-bond acceptors (Lipinski definition) is 0. The Balaban J connectivity index is 2.01. The summed E-state index contributed by atoms with van der Waals surface area (Å²) in [4.78, 5) is 0. The van der Waals surface area contributed by atoms with Crippen LogP contribution < -0.4 is 5.30 Å². The van der Waals surface area contributed by atoms with Gasteiger partial charge in [0.15, 0.2) is 0 Å². The first kappa shape index (κ1) is 11.9. The lowest BCUT2D eigenvalue weighted by Crippen LogP contribution is -2.08. The number of benzene rings is 1. The van der Waals surface area contributed by atoms with Gasteiger partial charge >= 0.3 is 0 Å². The fourth-order valence-corrected chi connectivity index (χ4v) is 5.71. The largest absolute Gasteiger partial charge is 0.0686 e. The minimum atomic E-state index is -0.160. The quantitative estimate of drug-likeness (QED) is 0.683. The van der Waals surface area contributed by atoms with E-state index in [1.807, 2.05) is 0 Å². The second kappa shape index (κ2) is 4.86. The molecular weight excluding hydrogens is 235 g/mol. The maximum Gasteiger partial charge on any atom is 0.00574 e. The highest BCUT2D eigenvalue weighted by Gasteiger charge is 2.33. The van der Waals surface area contributed by atoms with Gasteiger partial charge in [0.05, 0.1) is 0 Å². The average Bonchev–Trinajstić information content (AvgIpc) is 2.95. The van der Waals surface area contributed by atoms with Crippen molar-refractivity contribution in [3.8, 4) is 0 Å². The lowest BCUT2D eigenvalue weighted by Gasteiger charge is -2.20. The molecule has 1 aliphatic heterocycles. The monoisotopic (exact) mass is 254 g/mol. The van der Waals surface area contributed by atoms with Gasteiger partial charge in [0.25, 0.3) is 0 Å². The third-order valence-corrected chi connectivity index (χ3v) is 6.72. The second-order valence-electron chi connectivity index (χ2n) is 4.91. The van der Waals surface area contributed by atoms with Crippen LogP contribution in [-0.2, 0) is 0 Å². The molecule has 92 valence electrons. The van der Waals surface area contributed by atoms with Crippen molar-refractivity contribution in [2.45, 2.75) is 32.3 Å². The van der Waals surface area contributed by atoms with Crippen LogP contribution in [-0.4, -0.2) is 5.66 Å². The molecular formula is C17H19P. The highest BCUT2D eigenvalue weighted by molar-refractivity contribution is 7.71. The van der Waals surface area contributed by atoms with Gasteiger partial charge in [0, 0.05) is 5.66 Å². The van der Waals surface area contributed by atoms with Crippen LogP contribution in [0.25, 0.3) is 0 Å². The first-order chi connectivity index (χ1) is 8.83. The van der Waals surface area contributed by atoms with Crippen molar-refractivity contribution >= 4 is 13.2 Å². The number of hydrogen-bond donors (Lipinski definition) is 0. The molecule has 1 aromatic rings. The zero-order valence-electron chi connectivity index (χ0n) is 11.1. The van der Waals surface area contributed by atoms with Crippen LogP contribution in [0, 0.1) is 0 Å². The maximum atomic E-state index is 2.51. The summed E-state index contributed by atoms with van der Waals surface area (Å²) in [6.45, 7) is 4.55. The van der Waals surface area contributed by atoms with Crippen LogP contribution in [0.3, 0.4) is 0 Å². The molecule has 0 saturated carbocycles. The van der Waals surface area contributed by atoms with Gasteiger partial charge in [-0.05, 0) is 42.5 Å². The van der Waals surface area contributed by atoms with Gasteiger partial charge in [0.1, 0.15) is 0 Å². The van der Waals surface area contributed by atoms with Crippen molar-refractivity contribution in [1.82, 2.24) is 0 Å². The van der Waals surface area contributed by atoms with Crippen LogP contribution in [0.5, 0.6) is 0 Å². The van der Waals surface area contributed by atoms with Crippen molar-refractivity contribution in [3.63, 3.8) is 0 Å². The summed E-state index contributed by atoms with van der Waals surface area (Å²) >= 11 is 0. The Hall–Kier alpha value is -1.13. The summed E-state index contributed by atoms with van der Waals surface area (Å²) < 4.78 is 0. The van der Waals surface area contributed by atoms with Gasteiger partial charge in [-0.25, -0.2) is 0 Å². The van der Waals surface area contributed by atoms with Gasteiger partial charge in [-0.2, -0.15) is 0 Å². The van der Waals surface area contributed by atoms with Gasteiger partial charge in [-0.1, -0.05) is 62.4 Å². The Labute approximate surface area is 111 Å². The minimum Gasteiger partial charge on any atom is -0.0686 e. The summed E-state index contributed by atoms with van der Waals surface area (Å²) in [5, 5.41) is 3.14.